The van der Waals surface area contributed by atoms with E-state index in [1.807, 2.05) is 30.5 Å². The third kappa shape index (κ3) is 7.51. The highest BCUT2D eigenvalue weighted by Crippen LogP contribution is 2.26. The molecule has 0 spiro atoms. The zero-order valence-corrected chi connectivity index (χ0v) is 21.0. The number of ether oxygens (including phenoxy) is 2. The van der Waals surface area contributed by atoms with E-state index in [0.717, 1.165) is 47.5 Å². The highest BCUT2D eigenvalue weighted by molar-refractivity contribution is 5.84. The number of hydrogen-bond acceptors (Lipinski definition) is 3. The zero-order chi connectivity index (χ0) is 27.1. The van der Waals surface area contributed by atoms with Crippen molar-refractivity contribution >= 4 is 10.8 Å². The van der Waals surface area contributed by atoms with Crippen molar-refractivity contribution in [2.45, 2.75) is 38.3 Å². The van der Waals surface area contributed by atoms with Gasteiger partial charge >= 0.3 is 6.18 Å². The second-order valence-corrected chi connectivity index (χ2v) is 9.16. The Labute approximate surface area is 218 Å². The number of nitrogens with zero attached hydrogens (tertiary/aromatic N) is 1. The van der Waals surface area contributed by atoms with Crippen LogP contribution in [0.2, 0.25) is 0 Å². The van der Waals surface area contributed by atoms with Crippen molar-refractivity contribution in [2.75, 3.05) is 20.3 Å². The summed E-state index contributed by atoms with van der Waals surface area (Å²) in [6.45, 7) is -0.904. The van der Waals surface area contributed by atoms with Gasteiger partial charge < -0.3 is 9.47 Å². The molecule has 8 heteroatoms. The van der Waals surface area contributed by atoms with Crippen LogP contribution in [0, 0.1) is 11.6 Å². The molecule has 4 aromatic rings. The van der Waals surface area contributed by atoms with Gasteiger partial charge in [-0.2, -0.15) is 13.2 Å². The topological polar surface area (TPSA) is 31.4 Å². The summed E-state index contributed by atoms with van der Waals surface area (Å²) in [6.07, 6.45) is 0.339. The maximum absolute atomic E-state index is 15.2. The van der Waals surface area contributed by atoms with Gasteiger partial charge in [-0.05, 0) is 77.9 Å². The minimum atomic E-state index is -4.55. The lowest BCUT2D eigenvalue weighted by Crippen LogP contribution is -2.19. The molecule has 0 unspecified atom stereocenters. The van der Waals surface area contributed by atoms with Crippen molar-refractivity contribution < 1.29 is 31.4 Å². The quantitative estimate of drug-likeness (QED) is 0.192. The van der Waals surface area contributed by atoms with Crippen LogP contribution in [-0.4, -0.2) is 31.5 Å². The first-order chi connectivity index (χ1) is 18.2. The van der Waals surface area contributed by atoms with Crippen molar-refractivity contribution in [3.63, 3.8) is 0 Å². The third-order valence-corrected chi connectivity index (χ3v) is 6.32. The largest absolute Gasteiger partial charge is 0.481 e. The fourth-order valence-corrected chi connectivity index (χ4v) is 4.23. The van der Waals surface area contributed by atoms with Crippen molar-refractivity contribution in [2.24, 2.45) is 0 Å². The van der Waals surface area contributed by atoms with E-state index in [0.29, 0.717) is 36.0 Å². The molecule has 0 amide bonds. The van der Waals surface area contributed by atoms with Gasteiger partial charge in [0.05, 0.1) is 6.61 Å². The van der Waals surface area contributed by atoms with Gasteiger partial charge in [-0.15, -0.1) is 0 Å². The SMILES string of the molecule is COCCc1ccc(CCc2ccc3c(F)c(CCc4ccc(OCC(F)(F)F)c(F)c4)ccc3c2)nc1. The average Bonchev–Trinajstić information content (AvgIpc) is 2.90. The standard InChI is InChI=1S/C30H28F5NO2/c1-37-15-14-22-4-11-25(36-18-22)10-3-20-5-12-26-24(16-20)9-8-23(29(26)32)7-2-21-6-13-28(27(31)17-21)38-19-30(33,34)35/h4-6,8-9,11-13,16-18H,2-3,7,10,14-15,19H2,1H3. The summed E-state index contributed by atoms with van der Waals surface area (Å²) in [4.78, 5) is 4.52. The van der Waals surface area contributed by atoms with Crippen molar-refractivity contribution in [3.05, 3.63) is 106 Å². The highest BCUT2D eigenvalue weighted by Gasteiger charge is 2.29. The van der Waals surface area contributed by atoms with Crippen LogP contribution in [0.3, 0.4) is 0 Å². The first-order valence-corrected chi connectivity index (χ1v) is 12.3. The molecule has 1 aromatic heterocycles. The summed E-state index contributed by atoms with van der Waals surface area (Å²) in [6, 6.07) is 17.1. The maximum Gasteiger partial charge on any atom is 0.422 e. The van der Waals surface area contributed by atoms with E-state index in [1.54, 1.807) is 19.2 Å². The second kappa shape index (κ2) is 12.3. The lowest BCUT2D eigenvalue weighted by Gasteiger charge is -2.11. The molecule has 0 saturated carbocycles. The number of pyridine rings is 1. The Morgan fingerprint density at radius 2 is 1.50 bits per heavy atom. The number of fused-ring (bicyclic) bond motifs is 1. The lowest BCUT2D eigenvalue weighted by molar-refractivity contribution is -0.153. The number of aryl methyl sites for hydroxylation is 4. The summed E-state index contributed by atoms with van der Waals surface area (Å²) in [5.74, 6) is -1.67. The van der Waals surface area contributed by atoms with Gasteiger partial charge in [0, 0.05) is 24.4 Å². The van der Waals surface area contributed by atoms with Gasteiger partial charge in [0.1, 0.15) is 5.82 Å². The average molecular weight is 530 g/mol. The third-order valence-electron chi connectivity index (χ3n) is 6.32. The van der Waals surface area contributed by atoms with Gasteiger partial charge in [0.25, 0.3) is 0 Å². The molecule has 0 bridgehead atoms. The lowest BCUT2D eigenvalue weighted by atomic mass is 9.97. The molecule has 3 aromatic carbocycles. The molecular weight excluding hydrogens is 501 g/mol. The number of methoxy groups -OCH3 is 1. The zero-order valence-electron chi connectivity index (χ0n) is 21.0. The van der Waals surface area contributed by atoms with Gasteiger partial charge in [-0.3, -0.25) is 4.98 Å². The Hall–Kier alpha value is -3.52. The smallest absolute Gasteiger partial charge is 0.422 e. The van der Waals surface area contributed by atoms with Crippen LogP contribution in [0.5, 0.6) is 5.75 Å². The van der Waals surface area contributed by atoms with E-state index in [-0.39, 0.29) is 5.82 Å². The summed E-state index contributed by atoms with van der Waals surface area (Å²) in [5, 5.41) is 1.30. The highest BCUT2D eigenvalue weighted by atomic mass is 19.4. The van der Waals surface area contributed by atoms with Crippen molar-refractivity contribution in [1.29, 1.82) is 0 Å². The van der Waals surface area contributed by atoms with Crippen LogP contribution in [-0.2, 0) is 36.8 Å². The molecule has 0 fully saturated rings. The first-order valence-electron chi connectivity index (χ1n) is 12.3. The fourth-order valence-electron chi connectivity index (χ4n) is 4.23. The molecule has 0 radical (unpaired) electrons. The molecule has 38 heavy (non-hydrogen) atoms. The summed E-state index contributed by atoms with van der Waals surface area (Å²) in [7, 11) is 1.67. The predicted molar refractivity (Wildman–Crippen MR) is 136 cm³/mol. The van der Waals surface area contributed by atoms with Crippen molar-refractivity contribution in [1.82, 2.24) is 4.98 Å². The van der Waals surface area contributed by atoms with Crippen LogP contribution in [0.25, 0.3) is 10.8 Å². The van der Waals surface area contributed by atoms with E-state index >= 15 is 4.39 Å². The molecule has 1 heterocycles. The van der Waals surface area contributed by atoms with Gasteiger partial charge in [-0.1, -0.05) is 42.5 Å². The number of benzene rings is 3. The molecule has 0 N–H and O–H groups in total. The molecular formula is C30H28F5NO2. The number of aromatic nitrogens is 1. The van der Waals surface area contributed by atoms with Gasteiger partial charge in [-0.25, -0.2) is 8.78 Å². The van der Waals surface area contributed by atoms with E-state index in [9.17, 15) is 17.6 Å². The molecule has 0 aliphatic carbocycles. The fraction of sp³-hybridized carbons (Fsp3) is 0.300. The van der Waals surface area contributed by atoms with Crippen LogP contribution in [0.15, 0.2) is 66.9 Å². The Morgan fingerprint density at radius 3 is 2.21 bits per heavy atom. The second-order valence-electron chi connectivity index (χ2n) is 9.16. The van der Waals surface area contributed by atoms with Gasteiger partial charge in [0.2, 0.25) is 0 Å². The Balaban J connectivity index is 1.37. The van der Waals surface area contributed by atoms with E-state index < -0.39 is 24.3 Å². The molecule has 3 nitrogen and oxygen atoms in total. The number of hydrogen-bond donors (Lipinski definition) is 0. The van der Waals surface area contributed by atoms with E-state index in [4.69, 9.17) is 4.74 Å². The minimum absolute atomic E-state index is 0.317. The maximum atomic E-state index is 15.2. The normalized spacial score (nSPS) is 11.7. The molecule has 0 aliphatic heterocycles. The minimum Gasteiger partial charge on any atom is -0.481 e. The number of alkyl halides is 3. The molecule has 0 atom stereocenters. The molecule has 200 valence electrons. The first kappa shape index (κ1) is 27.5. The van der Waals surface area contributed by atoms with Gasteiger partial charge in [0.15, 0.2) is 18.2 Å². The van der Waals surface area contributed by atoms with E-state index in [1.165, 1.54) is 12.1 Å². The molecule has 0 saturated heterocycles. The number of rotatable bonds is 11. The summed E-state index contributed by atoms with van der Waals surface area (Å²) in [5.41, 5.74) is 4.23. The van der Waals surface area contributed by atoms with E-state index in [2.05, 4.69) is 15.8 Å². The van der Waals surface area contributed by atoms with Crippen LogP contribution in [0.4, 0.5) is 22.0 Å². The predicted octanol–water partition coefficient (Wildman–Crippen LogP) is 7.21. The molecule has 4 rings (SSSR count). The molecule has 0 aliphatic rings. The Bertz CT molecular complexity index is 1370. The van der Waals surface area contributed by atoms with Crippen LogP contribution >= 0.6 is 0 Å². The van der Waals surface area contributed by atoms with Crippen molar-refractivity contribution in [3.8, 4) is 5.75 Å². The van der Waals surface area contributed by atoms with Crippen LogP contribution < -0.4 is 4.74 Å². The summed E-state index contributed by atoms with van der Waals surface area (Å²) >= 11 is 0. The monoisotopic (exact) mass is 529 g/mol. The van der Waals surface area contributed by atoms with Crippen LogP contribution in [0.1, 0.15) is 27.9 Å². The Morgan fingerprint density at radius 1 is 0.763 bits per heavy atom. The number of halogens is 5. The summed E-state index contributed by atoms with van der Waals surface area (Å²) < 4.78 is 75.8. The Kier molecular flexibility index (Phi) is 8.94.